The van der Waals surface area contributed by atoms with Crippen LogP contribution in [0.3, 0.4) is 0 Å². The summed E-state index contributed by atoms with van der Waals surface area (Å²) in [6, 6.07) is 0. The third kappa shape index (κ3) is 3.40. The van der Waals surface area contributed by atoms with Crippen molar-refractivity contribution in [3.8, 4) is 0 Å². The lowest BCUT2D eigenvalue weighted by atomic mass is 9.43. The van der Waals surface area contributed by atoms with E-state index >= 15 is 0 Å². The normalized spacial score (nSPS) is 47.1. The van der Waals surface area contributed by atoms with Crippen molar-refractivity contribution in [2.24, 2.45) is 63.1 Å². The fourth-order valence-corrected chi connectivity index (χ4v) is 10.6. The summed E-state index contributed by atoms with van der Waals surface area (Å²) in [5.41, 5.74) is -0.152. The SMILES string of the molecule is CC(=O)OC1CC2(C)C3CCC4C(C)C(=O)C=CC45CC35CCC2(C)C1C(C)C(=O)C(=O)C(C)C(C)CO. The second-order valence-electron chi connectivity index (χ2n) is 14.3. The summed E-state index contributed by atoms with van der Waals surface area (Å²) in [6.45, 7) is 13.4. The second-order valence-corrected chi connectivity index (χ2v) is 14.3. The molecule has 38 heavy (non-hydrogen) atoms. The van der Waals surface area contributed by atoms with E-state index in [2.05, 4.69) is 26.8 Å². The van der Waals surface area contributed by atoms with Crippen LogP contribution in [0.2, 0.25) is 0 Å². The minimum absolute atomic E-state index is 0.0681. The average molecular weight is 527 g/mol. The Morgan fingerprint density at radius 1 is 1.08 bits per heavy atom. The molecule has 0 bridgehead atoms. The Hall–Kier alpha value is -1.82. The molecule has 210 valence electrons. The number of allylic oxidation sites excluding steroid dienone is 2. The van der Waals surface area contributed by atoms with Gasteiger partial charge in [0.25, 0.3) is 0 Å². The molecule has 2 spiro atoms. The van der Waals surface area contributed by atoms with Gasteiger partial charge < -0.3 is 9.84 Å². The molecule has 4 fully saturated rings. The Balaban J connectivity index is 1.50. The molecule has 0 aromatic rings. The number of carbonyl (C=O) groups excluding carboxylic acids is 4. The summed E-state index contributed by atoms with van der Waals surface area (Å²) in [4.78, 5) is 51.7. The first kappa shape index (κ1) is 27.7. The molecule has 0 aliphatic heterocycles. The maximum atomic E-state index is 13.6. The molecular weight excluding hydrogens is 480 g/mol. The number of fused-ring (bicyclic) bond motifs is 2. The summed E-state index contributed by atoms with van der Waals surface area (Å²) in [6.07, 6.45) is 9.55. The van der Waals surface area contributed by atoms with Crippen LogP contribution < -0.4 is 0 Å². The van der Waals surface area contributed by atoms with Gasteiger partial charge in [0.05, 0.1) is 0 Å². The molecule has 4 saturated carbocycles. The first-order chi connectivity index (χ1) is 17.7. The van der Waals surface area contributed by atoms with Gasteiger partial charge >= 0.3 is 5.97 Å². The van der Waals surface area contributed by atoms with Gasteiger partial charge in [0.15, 0.2) is 5.78 Å². The number of esters is 1. The Morgan fingerprint density at radius 2 is 1.76 bits per heavy atom. The van der Waals surface area contributed by atoms with Crippen LogP contribution in [0.1, 0.15) is 87.0 Å². The summed E-state index contributed by atoms with van der Waals surface area (Å²) in [5.74, 6) is -1.69. The topological polar surface area (TPSA) is 97.7 Å². The quantitative estimate of drug-likeness (QED) is 0.372. The number of hydrogen-bond acceptors (Lipinski definition) is 6. The molecular formula is C32H46O6. The smallest absolute Gasteiger partial charge is 0.302 e. The molecule has 0 aromatic heterocycles. The number of ketones is 3. The number of aliphatic hydroxyl groups is 1. The maximum Gasteiger partial charge on any atom is 0.302 e. The zero-order valence-electron chi connectivity index (χ0n) is 24.2. The van der Waals surface area contributed by atoms with Crippen LogP contribution in [0, 0.1) is 63.1 Å². The lowest BCUT2D eigenvalue weighted by Gasteiger charge is -2.60. The highest BCUT2D eigenvalue weighted by molar-refractivity contribution is 6.38. The van der Waals surface area contributed by atoms with Crippen LogP contribution in [0.5, 0.6) is 0 Å². The van der Waals surface area contributed by atoms with E-state index in [4.69, 9.17) is 4.74 Å². The Kier molecular flexibility index (Phi) is 6.45. The maximum absolute atomic E-state index is 13.6. The minimum atomic E-state index is -0.571. The third-order valence-electron chi connectivity index (χ3n) is 13.1. The number of carbonyl (C=O) groups is 4. The van der Waals surface area contributed by atoms with Crippen LogP contribution in [-0.2, 0) is 23.9 Å². The van der Waals surface area contributed by atoms with Crippen molar-refractivity contribution in [2.45, 2.75) is 93.1 Å². The molecule has 12 unspecified atom stereocenters. The van der Waals surface area contributed by atoms with Crippen LogP contribution in [-0.4, -0.2) is 41.1 Å². The van der Waals surface area contributed by atoms with Crippen molar-refractivity contribution in [3.63, 3.8) is 0 Å². The fourth-order valence-electron chi connectivity index (χ4n) is 10.6. The van der Waals surface area contributed by atoms with E-state index in [1.165, 1.54) is 6.92 Å². The Bertz CT molecular complexity index is 1090. The second kappa shape index (κ2) is 8.84. The first-order valence-corrected chi connectivity index (χ1v) is 14.8. The van der Waals surface area contributed by atoms with E-state index in [0.717, 1.165) is 32.1 Å². The van der Waals surface area contributed by atoms with E-state index in [1.807, 2.05) is 13.0 Å². The van der Waals surface area contributed by atoms with Crippen LogP contribution >= 0.6 is 0 Å². The van der Waals surface area contributed by atoms with Gasteiger partial charge in [-0.2, -0.15) is 0 Å². The molecule has 5 aliphatic carbocycles. The van der Waals surface area contributed by atoms with Gasteiger partial charge in [0, 0.05) is 37.2 Å². The minimum Gasteiger partial charge on any atom is -0.462 e. The van der Waals surface area contributed by atoms with Gasteiger partial charge in [-0.1, -0.05) is 47.6 Å². The molecule has 5 rings (SSSR count). The van der Waals surface area contributed by atoms with E-state index in [9.17, 15) is 24.3 Å². The molecule has 6 nitrogen and oxygen atoms in total. The molecule has 5 aliphatic rings. The van der Waals surface area contributed by atoms with Crippen molar-refractivity contribution in [2.75, 3.05) is 6.61 Å². The van der Waals surface area contributed by atoms with Gasteiger partial charge in [0.2, 0.25) is 11.6 Å². The molecule has 0 radical (unpaired) electrons. The van der Waals surface area contributed by atoms with Gasteiger partial charge in [-0.15, -0.1) is 0 Å². The number of ether oxygens (including phenoxy) is 1. The Labute approximate surface area is 227 Å². The zero-order valence-corrected chi connectivity index (χ0v) is 24.2. The van der Waals surface area contributed by atoms with Gasteiger partial charge in [-0.3, -0.25) is 19.2 Å². The summed E-state index contributed by atoms with van der Waals surface area (Å²) in [5, 5.41) is 9.56. The largest absolute Gasteiger partial charge is 0.462 e. The highest BCUT2D eigenvalue weighted by atomic mass is 16.5. The lowest BCUT2D eigenvalue weighted by molar-refractivity contribution is -0.156. The number of hydrogen-bond donors (Lipinski definition) is 1. The number of aliphatic hydroxyl groups excluding tert-OH is 1. The number of Topliss-reactive ketones (excluding diaryl/α,β-unsaturated/α-hetero) is 2. The molecule has 0 amide bonds. The molecule has 12 atom stereocenters. The molecule has 6 heteroatoms. The summed E-state index contributed by atoms with van der Waals surface area (Å²) < 4.78 is 5.99. The highest BCUT2D eigenvalue weighted by Gasteiger charge is 2.81. The van der Waals surface area contributed by atoms with E-state index in [1.54, 1.807) is 13.8 Å². The van der Waals surface area contributed by atoms with Crippen molar-refractivity contribution in [1.82, 2.24) is 0 Å². The number of rotatable bonds is 7. The van der Waals surface area contributed by atoms with E-state index < -0.39 is 29.5 Å². The predicted octanol–water partition coefficient (Wildman–Crippen LogP) is 4.96. The van der Waals surface area contributed by atoms with Gasteiger partial charge in [0.1, 0.15) is 6.10 Å². The van der Waals surface area contributed by atoms with Crippen LogP contribution in [0.15, 0.2) is 12.2 Å². The predicted molar refractivity (Wildman–Crippen MR) is 143 cm³/mol. The molecule has 0 aromatic carbocycles. The monoisotopic (exact) mass is 526 g/mol. The van der Waals surface area contributed by atoms with Gasteiger partial charge in [-0.05, 0) is 84.0 Å². The highest BCUT2D eigenvalue weighted by Crippen LogP contribution is 2.87. The van der Waals surface area contributed by atoms with Crippen molar-refractivity contribution >= 4 is 23.3 Å². The molecule has 0 heterocycles. The molecule has 1 N–H and O–H groups in total. The van der Waals surface area contributed by atoms with Crippen LogP contribution in [0.4, 0.5) is 0 Å². The summed E-state index contributed by atoms with van der Waals surface area (Å²) >= 11 is 0. The Morgan fingerprint density at radius 3 is 2.39 bits per heavy atom. The molecule has 0 saturated heterocycles. The standard InChI is InChI=1S/C32H46O6/c1-17(15-33)18(2)27(36)28(37)20(4)26-24(38-21(5)34)14-30(7)25-9-8-22-19(3)23(35)10-11-31(22)16-32(25,31)13-12-29(26,30)6/h10-11,17-20,22,24-26,33H,8-9,12-16H2,1-7H3. The summed E-state index contributed by atoms with van der Waals surface area (Å²) in [7, 11) is 0. The fraction of sp³-hybridized carbons (Fsp3) is 0.812. The van der Waals surface area contributed by atoms with Gasteiger partial charge in [-0.25, -0.2) is 0 Å². The van der Waals surface area contributed by atoms with E-state index in [0.29, 0.717) is 18.3 Å². The third-order valence-corrected chi connectivity index (χ3v) is 13.1. The van der Waals surface area contributed by atoms with Crippen LogP contribution in [0.25, 0.3) is 0 Å². The van der Waals surface area contributed by atoms with Crippen molar-refractivity contribution in [3.05, 3.63) is 12.2 Å². The van der Waals surface area contributed by atoms with Crippen molar-refractivity contribution in [1.29, 1.82) is 0 Å². The zero-order chi connectivity index (χ0) is 28.0. The average Bonchev–Trinajstić information content (AvgIpc) is 3.48. The lowest BCUT2D eigenvalue weighted by Crippen LogP contribution is -2.55. The van der Waals surface area contributed by atoms with Crippen molar-refractivity contribution < 1.29 is 29.0 Å². The first-order valence-electron chi connectivity index (χ1n) is 14.8. The van der Waals surface area contributed by atoms with E-state index in [-0.39, 0.29) is 57.8 Å².